The van der Waals surface area contributed by atoms with Crippen molar-refractivity contribution in [2.45, 2.75) is 32.2 Å². The highest BCUT2D eigenvalue weighted by molar-refractivity contribution is 6.06. The van der Waals surface area contributed by atoms with Crippen LogP contribution in [0.3, 0.4) is 0 Å². The van der Waals surface area contributed by atoms with Gasteiger partial charge < -0.3 is 4.90 Å². The van der Waals surface area contributed by atoms with Gasteiger partial charge in [-0.2, -0.15) is 0 Å². The van der Waals surface area contributed by atoms with Gasteiger partial charge in [-0.25, -0.2) is 0 Å². The van der Waals surface area contributed by atoms with Gasteiger partial charge in [0.15, 0.2) is 0 Å². The molecule has 4 heterocycles. The average molecular weight is 323 g/mol. The third-order valence-electron chi connectivity index (χ3n) is 5.50. The second-order valence-electron chi connectivity index (χ2n) is 7.18. The quantitative estimate of drug-likeness (QED) is 0.870. The predicted molar refractivity (Wildman–Crippen MR) is 96.0 cm³/mol. The van der Waals surface area contributed by atoms with Crippen molar-refractivity contribution in [2.75, 3.05) is 26.2 Å². The predicted octanol–water partition coefficient (Wildman–Crippen LogP) is 3.18. The lowest BCUT2D eigenvalue weighted by Gasteiger charge is -2.35. The largest absolute Gasteiger partial charge is 0.337 e. The van der Waals surface area contributed by atoms with Gasteiger partial charge in [-0.3, -0.25) is 14.7 Å². The number of hydrogen-bond acceptors (Lipinski definition) is 3. The number of nitrogens with zero attached hydrogens (tertiary/aromatic N) is 3. The van der Waals surface area contributed by atoms with Crippen LogP contribution in [0.1, 0.15) is 36.5 Å². The van der Waals surface area contributed by atoms with Gasteiger partial charge in [0.1, 0.15) is 0 Å². The van der Waals surface area contributed by atoms with E-state index in [1.807, 2.05) is 30.3 Å². The number of aromatic nitrogens is 1. The van der Waals surface area contributed by atoms with Crippen molar-refractivity contribution in [3.05, 3.63) is 42.1 Å². The molecule has 5 rings (SSSR count). The molecule has 4 nitrogen and oxygen atoms in total. The molecule has 126 valence electrons. The van der Waals surface area contributed by atoms with Crippen LogP contribution >= 0.6 is 0 Å². The van der Waals surface area contributed by atoms with E-state index in [9.17, 15) is 4.79 Å². The first-order valence-electron chi connectivity index (χ1n) is 9.13. The van der Waals surface area contributed by atoms with Crippen molar-refractivity contribution in [3.63, 3.8) is 0 Å². The molecule has 2 atom stereocenters. The Morgan fingerprint density at radius 1 is 1.17 bits per heavy atom. The molecule has 0 unspecified atom stereocenters. The minimum absolute atomic E-state index is 0.170. The minimum Gasteiger partial charge on any atom is -0.337 e. The van der Waals surface area contributed by atoms with Crippen LogP contribution in [-0.4, -0.2) is 52.9 Å². The monoisotopic (exact) mass is 323 g/mol. The van der Waals surface area contributed by atoms with Crippen LogP contribution in [-0.2, 0) is 0 Å². The SMILES string of the molecule is CCCN1C[C@H]2CC[C@@H]1CN(C(=O)c1cccc3ncccc13)C2. The van der Waals surface area contributed by atoms with Gasteiger partial charge in [0.05, 0.1) is 5.52 Å². The molecule has 24 heavy (non-hydrogen) atoms. The highest BCUT2D eigenvalue weighted by Crippen LogP contribution is 2.29. The Morgan fingerprint density at radius 3 is 2.96 bits per heavy atom. The first-order valence-corrected chi connectivity index (χ1v) is 9.13. The number of carbonyl (C=O) groups excluding carboxylic acids is 1. The molecule has 0 spiro atoms. The molecule has 1 aromatic heterocycles. The Labute approximate surface area is 143 Å². The maximum Gasteiger partial charge on any atom is 0.254 e. The summed E-state index contributed by atoms with van der Waals surface area (Å²) < 4.78 is 0. The van der Waals surface area contributed by atoms with Gasteiger partial charge >= 0.3 is 0 Å². The fraction of sp³-hybridized carbons (Fsp3) is 0.500. The summed E-state index contributed by atoms with van der Waals surface area (Å²) in [7, 11) is 0. The lowest BCUT2D eigenvalue weighted by Crippen LogP contribution is -2.44. The number of fused-ring (bicyclic) bond motifs is 5. The molecular weight excluding hydrogens is 298 g/mol. The molecule has 0 saturated carbocycles. The van der Waals surface area contributed by atoms with Gasteiger partial charge in [-0.1, -0.05) is 19.1 Å². The van der Waals surface area contributed by atoms with E-state index in [1.165, 1.54) is 19.3 Å². The van der Waals surface area contributed by atoms with Gasteiger partial charge in [-0.05, 0) is 49.9 Å². The summed E-state index contributed by atoms with van der Waals surface area (Å²) in [4.78, 5) is 22.3. The van der Waals surface area contributed by atoms with Crippen LogP contribution in [0.2, 0.25) is 0 Å². The Balaban J connectivity index is 1.63. The van der Waals surface area contributed by atoms with Crippen LogP contribution in [0.4, 0.5) is 0 Å². The van der Waals surface area contributed by atoms with Crippen molar-refractivity contribution in [2.24, 2.45) is 5.92 Å². The smallest absolute Gasteiger partial charge is 0.254 e. The summed E-state index contributed by atoms with van der Waals surface area (Å²) in [5.41, 5.74) is 1.69. The van der Waals surface area contributed by atoms with E-state index in [1.54, 1.807) is 6.20 Å². The van der Waals surface area contributed by atoms with E-state index in [2.05, 4.69) is 21.7 Å². The maximum absolute atomic E-state index is 13.2. The van der Waals surface area contributed by atoms with E-state index in [0.29, 0.717) is 12.0 Å². The summed E-state index contributed by atoms with van der Waals surface area (Å²) in [5.74, 6) is 0.788. The molecule has 3 saturated heterocycles. The van der Waals surface area contributed by atoms with Gasteiger partial charge in [0.25, 0.3) is 5.91 Å². The summed E-state index contributed by atoms with van der Waals surface area (Å²) in [5, 5.41) is 0.965. The Hall–Kier alpha value is -1.94. The van der Waals surface area contributed by atoms with Gasteiger partial charge in [0, 0.05) is 42.8 Å². The second-order valence-corrected chi connectivity index (χ2v) is 7.18. The minimum atomic E-state index is 0.170. The van der Waals surface area contributed by atoms with E-state index in [-0.39, 0.29) is 5.91 Å². The fourth-order valence-electron chi connectivity index (χ4n) is 4.37. The molecule has 0 radical (unpaired) electrons. The molecule has 3 aliphatic rings. The van der Waals surface area contributed by atoms with Crippen LogP contribution in [0.25, 0.3) is 10.9 Å². The van der Waals surface area contributed by atoms with Crippen molar-refractivity contribution in [3.8, 4) is 0 Å². The van der Waals surface area contributed by atoms with Crippen molar-refractivity contribution in [1.29, 1.82) is 0 Å². The molecular formula is C20H25N3O. The van der Waals surface area contributed by atoms with Crippen LogP contribution in [0.5, 0.6) is 0 Å². The molecule has 2 aromatic rings. The standard InChI is InChI=1S/C20H25N3O/c1-2-11-22-12-15-8-9-16(22)14-23(13-15)20(24)18-5-3-7-19-17(18)6-4-10-21-19/h3-7,10,15-16H,2,8-9,11-14H2,1H3/t15-,16-/m1/s1. The Bertz CT molecular complexity index is 739. The van der Waals surface area contributed by atoms with Crippen molar-refractivity contribution >= 4 is 16.8 Å². The molecule has 4 heteroatoms. The zero-order valence-corrected chi connectivity index (χ0v) is 14.3. The number of hydrogen-bond donors (Lipinski definition) is 0. The van der Waals surface area contributed by atoms with E-state index in [0.717, 1.165) is 42.6 Å². The Morgan fingerprint density at radius 2 is 2.08 bits per heavy atom. The lowest BCUT2D eigenvalue weighted by molar-refractivity contribution is 0.0740. The van der Waals surface area contributed by atoms with Crippen LogP contribution in [0, 0.1) is 5.92 Å². The van der Waals surface area contributed by atoms with Crippen LogP contribution in [0.15, 0.2) is 36.5 Å². The highest BCUT2D eigenvalue weighted by Gasteiger charge is 2.36. The molecule has 3 fully saturated rings. The third kappa shape index (κ3) is 2.80. The number of pyridine rings is 1. The number of carbonyl (C=O) groups is 1. The van der Waals surface area contributed by atoms with Crippen LogP contribution < -0.4 is 0 Å². The fourth-order valence-corrected chi connectivity index (χ4v) is 4.37. The number of amides is 1. The lowest BCUT2D eigenvalue weighted by atomic mass is 9.95. The van der Waals surface area contributed by atoms with E-state index >= 15 is 0 Å². The first-order chi connectivity index (χ1) is 11.8. The highest BCUT2D eigenvalue weighted by atomic mass is 16.2. The molecule has 3 aliphatic heterocycles. The van der Waals surface area contributed by atoms with E-state index in [4.69, 9.17) is 0 Å². The van der Waals surface area contributed by atoms with Gasteiger partial charge in [0.2, 0.25) is 0 Å². The zero-order chi connectivity index (χ0) is 16.5. The number of piperidine rings is 1. The normalized spacial score (nSPS) is 24.3. The third-order valence-corrected chi connectivity index (χ3v) is 5.50. The topological polar surface area (TPSA) is 36.4 Å². The summed E-state index contributed by atoms with van der Waals surface area (Å²) in [6, 6.07) is 10.3. The molecule has 1 amide bonds. The van der Waals surface area contributed by atoms with Crippen molar-refractivity contribution < 1.29 is 4.79 Å². The zero-order valence-electron chi connectivity index (χ0n) is 14.3. The van der Waals surface area contributed by atoms with E-state index < -0.39 is 0 Å². The first kappa shape index (κ1) is 15.6. The summed E-state index contributed by atoms with van der Waals surface area (Å²) in [6.45, 7) is 6.31. The number of benzene rings is 1. The molecule has 2 bridgehead atoms. The van der Waals surface area contributed by atoms with Crippen molar-refractivity contribution in [1.82, 2.24) is 14.8 Å². The molecule has 0 N–H and O–H groups in total. The second kappa shape index (κ2) is 6.52. The summed E-state index contributed by atoms with van der Waals surface area (Å²) >= 11 is 0. The van der Waals surface area contributed by atoms with Gasteiger partial charge in [-0.15, -0.1) is 0 Å². The Kier molecular flexibility index (Phi) is 4.23. The molecule has 1 aromatic carbocycles. The summed E-state index contributed by atoms with van der Waals surface area (Å²) in [6.07, 6.45) is 5.45. The average Bonchev–Trinajstić information content (AvgIpc) is 2.93. The maximum atomic E-state index is 13.2. The molecule has 0 aliphatic carbocycles. The number of rotatable bonds is 3.